The molecule has 3 rings (SSSR count). The molecule has 1 unspecified atom stereocenters. The lowest BCUT2D eigenvalue weighted by atomic mass is 10.1. The first-order valence-electron chi connectivity index (χ1n) is 9.48. The molecule has 2 aliphatic rings. The van der Waals surface area contributed by atoms with Crippen LogP contribution < -0.4 is 0 Å². The van der Waals surface area contributed by atoms with E-state index >= 15 is 0 Å². The number of nitrogens with zero attached hydrogens (tertiary/aromatic N) is 2. The molecule has 2 aliphatic heterocycles. The third-order valence-electron chi connectivity index (χ3n) is 4.85. The van der Waals surface area contributed by atoms with E-state index in [0.29, 0.717) is 12.0 Å². The Balaban J connectivity index is 1.58. The molecule has 0 aliphatic carbocycles. The summed E-state index contributed by atoms with van der Waals surface area (Å²) in [7, 11) is 0. The molecule has 5 heteroatoms. The van der Waals surface area contributed by atoms with Gasteiger partial charge in [-0.3, -0.25) is 9.69 Å². The molecule has 0 N–H and O–H groups in total. The Morgan fingerprint density at radius 2 is 2.00 bits per heavy atom. The van der Waals surface area contributed by atoms with Gasteiger partial charge in [0, 0.05) is 50.0 Å². The van der Waals surface area contributed by atoms with E-state index < -0.39 is 0 Å². The molecule has 0 spiro atoms. The molecular weight excluding hydrogens is 332 g/mol. The van der Waals surface area contributed by atoms with E-state index in [9.17, 15) is 4.79 Å². The summed E-state index contributed by atoms with van der Waals surface area (Å²) in [5.74, 6) is 1.80. The zero-order valence-electron chi connectivity index (χ0n) is 15.4. The molecule has 0 bridgehead atoms. The van der Waals surface area contributed by atoms with Crippen LogP contribution in [0.4, 0.5) is 0 Å². The third-order valence-corrected chi connectivity index (χ3v) is 6.05. The number of rotatable bonds is 6. The van der Waals surface area contributed by atoms with Crippen molar-refractivity contribution in [1.29, 1.82) is 0 Å². The molecule has 25 heavy (non-hydrogen) atoms. The molecule has 4 nitrogen and oxygen atoms in total. The first-order valence-corrected chi connectivity index (χ1v) is 10.5. The minimum Gasteiger partial charge on any atom is -0.377 e. The van der Waals surface area contributed by atoms with Crippen molar-refractivity contribution in [3.05, 3.63) is 29.8 Å². The van der Waals surface area contributed by atoms with Crippen molar-refractivity contribution in [2.45, 2.75) is 37.7 Å². The Labute approximate surface area is 155 Å². The molecule has 1 aromatic rings. The number of hydrogen-bond donors (Lipinski definition) is 0. The summed E-state index contributed by atoms with van der Waals surface area (Å²) in [4.78, 5) is 18.6. The van der Waals surface area contributed by atoms with Gasteiger partial charge in [0.25, 0.3) is 5.91 Å². The van der Waals surface area contributed by atoms with Crippen molar-refractivity contribution in [2.24, 2.45) is 5.92 Å². The zero-order valence-corrected chi connectivity index (χ0v) is 16.3. The summed E-state index contributed by atoms with van der Waals surface area (Å²) >= 11 is 1.76. The molecule has 1 atom stereocenters. The normalized spacial score (nSPS) is 21.9. The van der Waals surface area contributed by atoms with Gasteiger partial charge in [0.05, 0.1) is 11.7 Å². The van der Waals surface area contributed by atoms with Crippen molar-refractivity contribution in [1.82, 2.24) is 9.80 Å². The van der Waals surface area contributed by atoms with Crippen molar-refractivity contribution in [3.8, 4) is 0 Å². The molecule has 2 heterocycles. The fraction of sp³-hybridized carbons (Fsp3) is 0.650. The number of hydrogen-bond acceptors (Lipinski definition) is 4. The van der Waals surface area contributed by atoms with Gasteiger partial charge >= 0.3 is 0 Å². The molecule has 1 amide bonds. The molecule has 2 saturated heterocycles. The fourth-order valence-corrected chi connectivity index (χ4v) is 4.66. The predicted molar refractivity (Wildman–Crippen MR) is 103 cm³/mol. The first kappa shape index (κ1) is 18.7. The third kappa shape index (κ3) is 5.22. The van der Waals surface area contributed by atoms with E-state index in [1.807, 2.05) is 23.1 Å². The topological polar surface area (TPSA) is 32.8 Å². The Bertz CT molecular complexity index is 565. The van der Waals surface area contributed by atoms with E-state index in [1.165, 1.54) is 0 Å². The number of piperazine rings is 1. The van der Waals surface area contributed by atoms with Gasteiger partial charge in [-0.25, -0.2) is 0 Å². The van der Waals surface area contributed by atoms with Crippen LogP contribution in [0.25, 0.3) is 0 Å². The van der Waals surface area contributed by atoms with Gasteiger partial charge < -0.3 is 9.64 Å². The minimum absolute atomic E-state index is 0.180. The highest BCUT2D eigenvalue weighted by Crippen LogP contribution is 2.27. The quantitative estimate of drug-likeness (QED) is 0.727. The number of thioether (sulfide) groups is 1. The van der Waals surface area contributed by atoms with E-state index in [2.05, 4.69) is 24.8 Å². The van der Waals surface area contributed by atoms with Crippen molar-refractivity contribution >= 4 is 17.7 Å². The first-order chi connectivity index (χ1) is 12.1. The van der Waals surface area contributed by atoms with E-state index in [-0.39, 0.29) is 5.91 Å². The zero-order chi connectivity index (χ0) is 17.6. The summed E-state index contributed by atoms with van der Waals surface area (Å²) in [6.07, 6.45) is 2.64. The Morgan fingerprint density at radius 1 is 1.24 bits per heavy atom. The van der Waals surface area contributed by atoms with Crippen LogP contribution in [0.15, 0.2) is 29.2 Å². The maximum Gasteiger partial charge on any atom is 0.255 e. The standard InChI is InChI=1S/C20H30N2O2S/c1-16(2)14-21-9-11-22(12-10-21)20(23)18-7-3-4-8-19(18)25-15-17-6-5-13-24-17/h3-4,7-8,16-17H,5-6,9-15H2,1-2H3. The summed E-state index contributed by atoms with van der Waals surface area (Å²) in [5.41, 5.74) is 0.850. The second-order valence-corrected chi connectivity index (χ2v) is 8.49. The summed E-state index contributed by atoms with van der Waals surface area (Å²) in [6.45, 7) is 10.1. The maximum atomic E-state index is 13.0. The van der Waals surface area contributed by atoms with Crippen molar-refractivity contribution in [2.75, 3.05) is 45.1 Å². The number of benzene rings is 1. The van der Waals surface area contributed by atoms with Gasteiger partial charge in [0.15, 0.2) is 0 Å². The van der Waals surface area contributed by atoms with Crippen LogP contribution in [-0.4, -0.2) is 66.9 Å². The molecule has 0 saturated carbocycles. The van der Waals surface area contributed by atoms with Crippen LogP contribution >= 0.6 is 11.8 Å². The summed E-state index contributed by atoms with van der Waals surface area (Å²) in [6, 6.07) is 8.04. The van der Waals surface area contributed by atoms with Crippen LogP contribution in [0.3, 0.4) is 0 Å². The smallest absolute Gasteiger partial charge is 0.255 e. The number of carbonyl (C=O) groups excluding carboxylic acids is 1. The SMILES string of the molecule is CC(C)CN1CCN(C(=O)c2ccccc2SCC2CCCO2)CC1. The molecule has 0 aromatic heterocycles. The van der Waals surface area contributed by atoms with Gasteiger partial charge in [0.2, 0.25) is 0 Å². The fourth-order valence-electron chi connectivity index (χ4n) is 3.55. The highest BCUT2D eigenvalue weighted by molar-refractivity contribution is 7.99. The second kappa shape index (κ2) is 9.06. The van der Waals surface area contributed by atoms with Gasteiger partial charge in [-0.1, -0.05) is 26.0 Å². The average Bonchev–Trinajstić information content (AvgIpc) is 3.13. The van der Waals surface area contributed by atoms with Crippen LogP contribution in [0.5, 0.6) is 0 Å². The average molecular weight is 363 g/mol. The monoisotopic (exact) mass is 362 g/mol. The second-order valence-electron chi connectivity index (χ2n) is 7.43. The Morgan fingerprint density at radius 3 is 2.68 bits per heavy atom. The minimum atomic E-state index is 0.180. The van der Waals surface area contributed by atoms with Gasteiger partial charge in [-0.2, -0.15) is 0 Å². The lowest BCUT2D eigenvalue weighted by Crippen LogP contribution is -2.49. The van der Waals surface area contributed by atoms with Crippen molar-refractivity contribution < 1.29 is 9.53 Å². The van der Waals surface area contributed by atoms with E-state index in [0.717, 1.165) is 68.4 Å². The summed E-state index contributed by atoms with van der Waals surface area (Å²) < 4.78 is 5.71. The highest BCUT2D eigenvalue weighted by Gasteiger charge is 2.24. The molecule has 138 valence electrons. The maximum absolute atomic E-state index is 13.0. The lowest BCUT2D eigenvalue weighted by molar-refractivity contribution is 0.0620. The predicted octanol–water partition coefficient (Wildman–Crippen LogP) is 3.37. The molecular formula is C20H30N2O2S. The summed E-state index contributed by atoms with van der Waals surface area (Å²) in [5, 5.41) is 0. The number of carbonyl (C=O) groups is 1. The Hall–Kier alpha value is -1.04. The van der Waals surface area contributed by atoms with Gasteiger partial charge in [0.1, 0.15) is 0 Å². The molecule has 1 aromatic carbocycles. The van der Waals surface area contributed by atoms with Gasteiger partial charge in [-0.05, 0) is 30.9 Å². The Kier molecular flexibility index (Phi) is 6.79. The van der Waals surface area contributed by atoms with Gasteiger partial charge in [-0.15, -0.1) is 11.8 Å². The van der Waals surface area contributed by atoms with E-state index in [1.54, 1.807) is 11.8 Å². The van der Waals surface area contributed by atoms with E-state index in [4.69, 9.17) is 4.74 Å². The molecule has 2 fully saturated rings. The van der Waals surface area contributed by atoms with Crippen LogP contribution in [-0.2, 0) is 4.74 Å². The molecule has 0 radical (unpaired) electrons. The van der Waals surface area contributed by atoms with Crippen LogP contribution in [0, 0.1) is 5.92 Å². The number of ether oxygens (including phenoxy) is 1. The highest BCUT2D eigenvalue weighted by atomic mass is 32.2. The number of amides is 1. The lowest BCUT2D eigenvalue weighted by Gasteiger charge is -2.35. The van der Waals surface area contributed by atoms with Crippen LogP contribution in [0.2, 0.25) is 0 Å². The van der Waals surface area contributed by atoms with Crippen LogP contribution in [0.1, 0.15) is 37.0 Å². The van der Waals surface area contributed by atoms with Crippen molar-refractivity contribution in [3.63, 3.8) is 0 Å². The largest absolute Gasteiger partial charge is 0.377 e.